The van der Waals surface area contributed by atoms with E-state index in [4.69, 9.17) is 16.7 Å². The van der Waals surface area contributed by atoms with Gasteiger partial charge in [0, 0.05) is 10.4 Å². The van der Waals surface area contributed by atoms with Gasteiger partial charge in [-0.1, -0.05) is 28.1 Å². The van der Waals surface area contributed by atoms with E-state index in [0.717, 1.165) is 16.5 Å². The summed E-state index contributed by atoms with van der Waals surface area (Å²) in [6, 6.07) is 5.05. The van der Waals surface area contributed by atoms with Gasteiger partial charge in [-0.25, -0.2) is 4.79 Å². The topological polar surface area (TPSA) is 37.3 Å². The highest BCUT2D eigenvalue weighted by Crippen LogP contribution is 2.17. The van der Waals surface area contributed by atoms with E-state index in [1.807, 2.05) is 18.2 Å². The van der Waals surface area contributed by atoms with Crippen molar-refractivity contribution in [2.24, 2.45) is 0 Å². The van der Waals surface area contributed by atoms with Crippen molar-refractivity contribution in [1.82, 2.24) is 0 Å². The highest BCUT2D eigenvalue weighted by atomic mass is 79.9. The van der Waals surface area contributed by atoms with Crippen molar-refractivity contribution < 1.29 is 9.90 Å². The van der Waals surface area contributed by atoms with Gasteiger partial charge in [0.05, 0.1) is 5.56 Å². The third kappa shape index (κ3) is 4.06. The molecular weight excluding hydrogens is 279 g/mol. The number of benzene rings is 1. The number of alkyl halides is 1. The van der Waals surface area contributed by atoms with Gasteiger partial charge in [-0.2, -0.15) is 0 Å². The van der Waals surface area contributed by atoms with Crippen LogP contribution >= 0.6 is 27.5 Å². The van der Waals surface area contributed by atoms with Gasteiger partial charge in [0.1, 0.15) is 0 Å². The fourth-order valence-electron chi connectivity index (χ4n) is 1.11. The van der Waals surface area contributed by atoms with Gasteiger partial charge in [0.15, 0.2) is 0 Å². The SMILES string of the molecule is O=C(O)c1cc(Br)cc(C=CCCCl)c1. The third-order valence-corrected chi connectivity index (χ3v) is 2.43. The second kappa shape index (κ2) is 5.93. The predicted octanol–water partition coefficient (Wildman–Crippen LogP) is 3.79. The molecule has 1 aromatic rings. The molecule has 0 unspecified atom stereocenters. The van der Waals surface area contributed by atoms with Gasteiger partial charge < -0.3 is 5.11 Å². The van der Waals surface area contributed by atoms with Crippen molar-refractivity contribution in [1.29, 1.82) is 0 Å². The Bertz CT molecular complexity index is 388. The van der Waals surface area contributed by atoms with Crippen molar-refractivity contribution in [2.75, 3.05) is 5.88 Å². The average molecular weight is 290 g/mol. The minimum Gasteiger partial charge on any atom is -0.478 e. The molecule has 0 aliphatic rings. The van der Waals surface area contributed by atoms with Gasteiger partial charge in [0.25, 0.3) is 0 Å². The Hall–Kier alpha value is -0.800. The van der Waals surface area contributed by atoms with Gasteiger partial charge in [-0.15, -0.1) is 11.6 Å². The quantitative estimate of drug-likeness (QED) is 0.856. The Morgan fingerprint density at radius 1 is 1.47 bits per heavy atom. The fourth-order valence-corrected chi connectivity index (χ4v) is 1.75. The summed E-state index contributed by atoms with van der Waals surface area (Å²) in [5, 5.41) is 8.84. The van der Waals surface area contributed by atoms with Crippen molar-refractivity contribution >= 4 is 39.6 Å². The van der Waals surface area contributed by atoms with E-state index in [1.165, 1.54) is 0 Å². The molecule has 0 aromatic heterocycles. The molecule has 0 atom stereocenters. The molecule has 0 aliphatic heterocycles. The minimum atomic E-state index is -0.928. The second-order valence-corrected chi connectivity index (χ2v) is 4.25. The summed E-state index contributed by atoms with van der Waals surface area (Å²) >= 11 is 8.79. The summed E-state index contributed by atoms with van der Waals surface area (Å²) < 4.78 is 0.757. The van der Waals surface area contributed by atoms with E-state index < -0.39 is 5.97 Å². The van der Waals surface area contributed by atoms with E-state index in [2.05, 4.69) is 15.9 Å². The van der Waals surface area contributed by atoms with E-state index >= 15 is 0 Å². The van der Waals surface area contributed by atoms with Crippen molar-refractivity contribution in [3.63, 3.8) is 0 Å². The molecule has 0 bridgehead atoms. The molecule has 0 saturated carbocycles. The van der Waals surface area contributed by atoms with Crippen LogP contribution < -0.4 is 0 Å². The first-order valence-corrected chi connectivity index (χ1v) is 5.72. The number of carboxylic acid groups (broad SMARTS) is 1. The first kappa shape index (κ1) is 12.3. The molecule has 4 heteroatoms. The maximum absolute atomic E-state index is 10.8. The second-order valence-electron chi connectivity index (χ2n) is 2.96. The molecule has 0 aliphatic carbocycles. The first-order chi connectivity index (χ1) is 7.13. The number of rotatable bonds is 4. The third-order valence-electron chi connectivity index (χ3n) is 1.75. The summed E-state index contributed by atoms with van der Waals surface area (Å²) in [5.41, 5.74) is 1.13. The number of hydrogen-bond donors (Lipinski definition) is 1. The van der Waals surface area contributed by atoms with Crippen LogP contribution in [0.3, 0.4) is 0 Å². The summed E-state index contributed by atoms with van der Waals surface area (Å²) in [5.74, 6) is -0.362. The smallest absolute Gasteiger partial charge is 0.335 e. The van der Waals surface area contributed by atoms with E-state index in [9.17, 15) is 4.79 Å². The van der Waals surface area contributed by atoms with Crippen LogP contribution in [0.2, 0.25) is 0 Å². The van der Waals surface area contributed by atoms with Gasteiger partial charge in [-0.05, 0) is 30.2 Å². The molecule has 1 N–H and O–H groups in total. The molecule has 2 nitrogen and oxygen atoms in total. The van der Waals surface area contributed by atoms with Crippen LogP contribution in [0.1, 0.15) is 22.3 Å². The zero-order valence-electron chi connectivity index (χ0n) is 7.91. The monoisotopic (exact) mass is 288 g/mol. The lowest BCUT2D eigenvalue weighted by atomic mass is 10.1. The number of allylic oxidation sites excluding steroid dienone is 1. The Morgan fingerprint density at radius 3 is 2.80 bits per heavy atom. The van der Waals surface area contributed by atoms with Gasteiger partial charge in [0.2, 0.25) is 0 Å². The van der Waals surface area contributed by atoms with Gasteiger partial charge in [-0.3, -0.25) is 0 Å². The van der Waals surface area contributed by atoms with Crippen LogP contribution in [-0.4, -0.2) is 17.0 Å². The number of carboxylic acids is 1. The summed E-state index contributed by atoms with van der Waals surface area (Å²) in [4.78, 5) is 10.8. The number of carbonyl (C=O) groups is 1. The highest BCUT2D eigenvalue weighted by Gasteiger charge is 2.04. The standard InChI is InChI=1S/C11H10BrClO2/c12-10-6-8(3-1-2-4-13)5-9(7-10)11(14)15/h1,3,5-7H,2,4H2,(H,14,15). The number of aromatic carboxylic acids is 1. The van der Waals surface area contributed by atoms with Crippen LogP contribution in [0, 0.1) is 0 Å². The van der Waals surface area contributed by atoms with E-state index in [-0.39, 0.29) is 5.56 Å². The molecule has 0 heterocycles. The molecule has 0 radical (unpaired) electrons. The van der Waals surface area contributed by atoms with Crippen LogP contribution in [0.25, 0.3) is 6.08 Å². The van der Waals surface area contributed by atoms with Crippen LogP contribution in [0.5, 0.6) is 0 Å². The maximum Gasteiger partial charge on any atom is 0.335 e. The van der Waals surface area contributed by atoms with Crippen molar-refractivity contribution in [2.45, 2.75) is 6.42 Å². The minimum absolute atomic E-state index is 0.273. The molecule has 80 valence electrons. The molecule has 15 heavy (non-hydrogen) atoms. The molecule has 0 amide bonds. The summed E-state index contributed by atoms with van der Waals surface area (Å²) in [7, 11) is 0. The zero-order valence-corrected chi connectivity index (χ0v) is 10.3. The van der Waals surface area contributed by atoms with E-state index in [1.54, 1.807) is 12.1 Å². The average Bonchev–Trinajstić information content (AvgIpc) is 2.17. The Kier molecular flexibility index (Phi) is 4.85. The van der Waals surface area contributed by atoms with Crippen molar-refractivity contribution in [3.8, 4) is 0 Å². The normalized spacial score (nSPS) is 10.8. The lowest BCUT2D eigenvalue weighted by Crippen LogP contribution is -1.96. The largest absolute Gasteiger partial charge is 0.478 e. The lowest BCUT2D eigenvalue weighted by Gasteiger charge is -1.99. The molecule has 0 fully saturated rings. The number of hydrogen-bond acceptors (Lipinski definition) is 1. The molecule has 0 saturated heterocycles. The Balaban J connectivity index is 2.93. The van der Waals surface area contributed by atoms with E-state index in [0.29, 0.717) is 5.88 Å². The first-order valence-electron chi connectivity index (χ1n) is 4.40. The Labute approximate surface area is 102 Å². The molecule has 1 rings (SSSR count). The summed E-state index contributed by atoms with van der Waals surface area (Å²) in [6.45, 7) is 0. The molecule has 1 aromatic carbocycles. The van der Waals surface area contributed by atoms with Gasteiger partial charge >= 0.3 is 5.97 Å². The fraction of sp³-hybridized carbons (Fsp3) is 0.182. The van der Waals surface area contributed by atoms with Crippen LogP contribution in [0.4, 0.5) is 0 Å². The molecule has 0 spiro atoms. The van der Waals surface area contributed by atoms with Crippen molar-refractivity contribution in [3.05, 3.63) is 39.9 Å². The lowest BCUT2D eigenvalue weighted by molar-refractivity contribution is 0.0697. The zero-order chi connectivity index (χ0) is 11.3. The summed E-state index contributed by atoms with van der Waals surface area (Å²) in [6.07, 6.45) is 4.55. The highest BCUT2D eigenvalue weighted by molar-refractivity contribution is 9.10. The van der Waals surface area contributed by atoms with Crippen LogP contribution in [0.15, 0.2) is 28.7 Å². The maximum atomic E-state index is 10.8. The Morgan fingerprint density at radius 2 is 2.20 bits per heavy atom. The predicted molar refractivity (Wildman–Crippen MR) is 65.5 cm³/mol. The number of halogens is 2. The molecular formula is C11H10BrClO2. The van der Waals surface area contributed by atoms with Crippen LogP contribution in [-0.2, 0) is 0 Å².